The predicted octanol–water partition coefficient (Wildman–Crippen LogP) is 7.50. The fourth-order valence-corrected chi connectivity index (χ4v) is 8.20. The highest BCUT2D eigenvalue weighted by Crippen LogP contribution is 2.51. The molecule has 2 aromatic rings. The molecule has 0 bridgehead atoms. The van der Waals surface area contributed by atoms with Crippen LogP contribution < -0.4 is 4.90 Å². The zero-order valence-corrected chi connectivity index (χ0v) is 34.3. The van der Waals surface area contributed by atoms with Gasteiger partial charge in [-0.2, -0.15) is 16.8 Å². The molecule has 12 heteroatoms. The van der Waals surface area contributed by atoms with Crippen molar-refractivity contribution in [2.75, 3.05) is 64.1 Å². The summed E-state index contributed by atoms with van der Waals surface area (Å²) in [4.78, 5) is 2.22. The third-order valence-corrected chi connectivity index (χ3v) is 11.9. The summed E-state index contributed by atoms with van der Waals surface area (Å²) in [7, 11) is -3.21. The second-order valence-electron chi connectivity index (χ2n) is 14.3. The third kappa shape index (κ3) is 12.9. The zero-order valence-electron chi connectivity index (χ0n) is 32.7. The first-order valence-corrected chi connectivity index (χ1v) is 21.5. The van der Waals surface area contributed by atoms with Gasteiger partial charge in [0.15, 0.2) is 0 Å². The Morgan fingerprint density at radius 2 is 1.41 bits per heavy atom. The maximum Gasteiger partial charge on any atom is 0.264 e. The molecule has 0 saturated heterocycles. The van der Waals surface area contributed by atoms with Crippen LogP contribution in [0.2, 0.25) is 0 Å². The van der Waals surface area contributed by atoms with Gasteiger partial charge < -0.3 is 19.1 Å². The summed E-state index contributed by atoms with van der Waals surface area (Å²) in [6.07, 6.45) is 16.6. The number of allylic oxidation sites excluding steroid dienone is 9. The Morgan fingerprint density at radius 1 is 0.833 bits per heavy atom. The highest BCUT2D eigenvalue weighted by Gasteiger charge is 2.43. The van der Waals surface area contributed by atoms with E-state index in [2.05, 4.69) is 67.8 Å². The Kier molecular flexibility index (Phi) is 17.1. The minimum Gasteiger partial charge on any atom is -0.384 e. The van der Waals surface area contributed by atoms with Crippen LogP contribution in [0.5, 0.6) is 0 Å². The highest BCUT2D eigenvalue weighted by atomic mass is 32.2. The van der Waals surface area contributed by atoms with E-state index in [0.717, 1.165) is 57.6 Å². The number of ether oxygens (including phenoxy) is 3. The zero-order chi connectivity index (χ0) is 40.0. The smallest absolute Gasteiger partial charge is 0.264 e. The first kappa shape index (κ1) is 45.0. The summed E-state index contributed by atoms with van der Waals surface area (Å²) < 4.78 is 81.4. The summed E-state index contributed by atoms with van der Waals surface area (Å²) >= 11 is 0. The van der Waals surface area contributed by atoms with Crippen LogP contribution in [0.4, 0.5) is 5.69 Å². The van der Waals surface area contributed by atoms with E-state index in [1.54, 1.807) is 21.3 Å². The topological polar surface area (TPSA) is 140 Å². The van der Waals surface area contributed by atoms with Crippen molar-refractivity contribution in [3.05, 3.63) is 125 Å². The van der Waals surface area contributed by atoms with Crippen molar-refractivity contribution >= 4 is 25.9 Å². The molecule has 1 aliphatic heterocycles. The second-order valence-corrected chi connectivity index (χ2v) is 17.4. The standard InChI is InChI=1S/C42H59NO9S2/c1-33-17-18-35(21-26-50-5)31-37(33)41(3,23-13-29-53(44,45)46)34(2)15-11-9-8-10-12-16-40-42(4,24-14-30-54(47,48)49)38-32-36(22-27-51-6)19-20-39(38)43(40)25-28-52-7/h8-12,15-20,31-32H,2,13-14,21-30H2,1,3-7H3,(H,44,45,46)(H,47,48,49)/b9-8+,12-10+,15-11+,40-16+. The molecule has 0 fully saturated rings. The van der Waals surface area contributed by atoms with Gasteiger partial charge in [0.25, 0.3) is 20.2 Å². The van der Waals surface area contributed by atoms with Gasteiger partial charge in [0.1, 0.15) is 0 Å². The number of hydrogen-bond donors (Lipinski definition) is 2. The highest BCUT2D eigenvalue weighted by molar-refractivity contribution is 7.86. The summed E-state index contributed by atoms with van der Waals surface area (Å²) in [6.45, 7) is 12.9. The van der Waals surface area contributed by atoms with Gasteiger partial charge in [-0.15, -0.1) is 0 Å². The summed E-state index contributed by atoms with van der Waals surface area (Å²) in [5.41, 5.74) is 7.19. The lowest BCUT2D eigenvalue weighted by Gasteiger charge is -2.33. The monoisotopic (exact) mass is 785 g/mol. The lowest BCUT2D eigenvalue weighted by molar-refractivity contribution is 0.202. The van der Waals surface area contributed by atoms with Gasteiger partial charge in [-0.25, -0.2) is 0 Å². The first-order valence-electron chi connectivity index (χ1n) is 18.3. The van der Waals surface area contributed by atoms with Crippen LogP contribution in [0.3, 0.4) is 0 Å². The Labute approximate surface area is 323 Å². The second kappa shape index (κ2) is 20.5. The number of fused-ring (bicyclic) bond motifs is 1. The molecule has 10 nitrogen and oxygen atoms in total. The summed E-state index contributed by atoms with van der Waals surface area (Å²) in [6, 6.07) is 12.7. The Bertz CT molecular complexity index is 1910. The maximum atomic E-state index is 11.7. The van der Waals surface area contributed by atoms with Gasteiger partial charge in [-0.1, -0.05) is 80.3 Å². The van der Waals surface area contributed by atoms with Gasteiger partial charge in [-0.05, 0) is 97.9 Å². The van der Waals surface area contributed by atoms with E-state index in [1.807, 2.05) is 43.4 Å². The van der Waals surface area contributed by atoms with Crippen molar-refractivity contribution in [1.29, 1.82) is 0 Å². The molecule has 54 heavy (non-hydrogen) atoms. The van der Waals surface area contributed by atoms with Gasteiger partial charge >= 0.3 is 0 Å². The summed E-state index contributed by atoms with van der Waals surface area (Å²) in [5.74, 6) is -0.647. The lowest BCUT2D eigenvalue weighted by Crippen LogP contribution is -2.31. The number of nitrogens with zero attached hydrogens (tertiary/aromatic N) is 1. The fourth-order valence-electron chi connectivity index (χ4n) is 7.18. The average molecular weight is 786 g/mol. The van der Waals surface area contributed by atoms with E-state index < -0.39 is 31.1 Å². The number of anilines is 1. The molecule has 0 aliphatic carbocycles. The van der Waals surface area contributed by atoms with Crippen molar-refractivity contribution in [2.24, 2.45) is 0 Å². The van der Waals surface area contributed by atoms with E-state index in [0.29, 0.717) is 39.2 Å². The number of aryl methyl sites for hydroxylation is 1. The SMILES string of the molecule is C=C(/C=C/C=C/C=C/C=C1/N(CCOC)c2ccc(CCOC)cc2C1(C)CCCS(=O)(=O)O)C(C)(CCCS(=O)(=O)O)c1cc(CCOC)ccc1C. The van der Waals surface area contributed by atoms with E-state index in [1.165, 1.54) is 0 Å². The van der Waals surface area contributed by atoms with Crippen molar-refractivity contribution in [1.82, 2.24) is 0 Å². The minimum atomic E-state index is -4.11. The van der Waals surface area contributed by atoms with Gasteiger partial charge in [0, 0.05) is 50.1 Å². The average Bonchev–Trinajstić information content (AvgIpc) is 3.33. The normalized spacial score (nSPS) is 18.4. The van der Waals surface area contributed by atoms with Crippen LogP contribution in [-0.4, -0.2) is 85.1 Å². The molecule has 2 aromatic carbocycles. The lowest BCUT2D eigenvalue weighted by atomic mass is 9.71. The molecule has 0 radical (unpaired) electrons. The Balaban J connectivity index is 1.91. The van der Waals surface area contributed by atoms with Crippen LogP contribution in [0, 0.1) is 6.92 Å². The van der Waals surface area contributed by atoms with Gasteiger partial charge in [-0.3, -0.25) is 9.11 Å². The van der Waals surface area contributed by atoms with Crippen LogP contribution in [0.1, 0.15) is 67.3 Å². The first-order chi connectivity index (χ1) is 25.5. The fraction of sp³-hybridized carbons (Fsp3) is 0.476. The maximum absolute atomic E-state index is 11.7. The largest absolute Gasteiger partial charge is 0.384 e. The van der Waals surface area contributed by atoms with Crippen LogP contribution >= 0.6 is 0 Å². The van der Waals surface area contributed by atoms with Crippen molar-refractivity contribution in [3.63, 3.8) is 0 Å². The van der Waals surface area contributed by atoms with Crippen molar-refractivity contribution in [2.45, 2.75) is 70.1 Å². The molecular formula is C42H59NO9S2. The molecule has 0 amide bonds. The van der Waals surface area contributed by atoms with Crippen molar-refractivity contribution in [3.8, 4) is 0 Å². The number of hydrogen-bond acceptors (Lipinski definition) is 8. The Hall–Kier alpha value is -3.36. The molecule has 0 aromatic heterocycles. The van der Waals surface area contributed by atoms with Crippen LogP contribution in [-0.2, 0) is 58.1 Å². The predicted molar refractivity (Wildman–Crippen MR) is 219 cm³/mol. The molecule has 0 saturated carbocycles. The van der Waals surface area contributed by atoms with Crippen LogP contribution in [0.25, 0.3) is 0 Å². The number of benzene rings is 2. The molecule has 298 valence electrons. The molecule has 3 rings (SSSR count). The van der Waals surface area contributed by atoms with Gasteiger partial charge in [0.2, 0.25) is 0 Å². The molecular weight excluding hydrogens is 727 g/mol. The van der Waals surface area contributed by atoms with E-state index in [-0.39, 0.29) is 24.3 Å². The van der Waals surface area contributed by atoms with Gasteiger partial charge in [0.05, 0.1) is 31.3 Å². The molecule has 2 atom stereocenters. The molecule has 2 N–H and O–H groups in total. The van der Waals surface area contributed by atoms with Crippen LogP contribution in [0.15, 0.2) is 96.8 Å². The molecule has 0 spiro atoms. The van der Waals surface area contributed by atoms with Crippen molar-refractivity contribution < 1.29 is 40.2 Å². The Morgan fingerprint density at radius 3 is 2.04 bits per heavy atom. The molecule has 2 unspecified atom stereocenters. The minimum absolute atomic E-state index is 0.269. The van der Waals surface area contributed by atoms with E-state index >= 15 is 0 Å². The third-order valence-electron chi connectivity index (χ3n) is 10.3. The van der Waals surface area contributed by atoms with E-state index in [4.69, 9.17) is 14.2 Å². The number of rotatable bonds is 23. The van der Waals surface area contributed by atoms with E-state index in [9.17, 15) is 25.9 Å². The molecule has 1 heterocycles. The quantitative estimate of drug-likeness (QED) is 0.0860. The molecule has 1 aliphatic rings. The number of methoxy groups -OCH3 is 3. The summed E-state index contributed by atoms with van der Waals surface area (Å²) in [5, 5.41) is 0.